The van der Waals surface area contributed by atoms with Crippen molar-refractivity contribution in [2.75, 3.05) is 14.1 Å². The van der Waals surface area contributed by atoms with Gasteiger partial charge < -0.3 is 4.57 Å². The number of benzene rings is 1. The van der Waals surface area contributed by atoms with Gasteiger partial charge >= 0.3 is 0 Å². The van der Waals surface area contributed by atoms with E-state index in [1.807, 2.05) is 19.9 Å². The quantitative estimate of drug-likeness (QED) is 0.455. The predicted octanol–water partition coefficient (Wildman–Crippen LogP) is 3.31. The monoisotopic (exact) mass is 381 g/mol. The summed E-state index contributed by atoms with van der Waals surface area (Å²) in [6.45, 7) is 8.16. The van der Waals surface area contributed by atoms with Gasteiger partial charge in [0.25, 0.3) is 11.8 Å². The SMILES string of the molecule is Cc1ccc(C)c(-n2c(C)cc(C=C3C(=O)N(C)C(=S)N(C)C3=O)c2C)c1. The lowest BCUT2D eigenvalue weighted by Crippen LogP contribution is -2.52. The Kier molecular flexibility index (Phi) is 4.78. The second-order valence-electron chi connectivity index (χ2n) is 7.02. The first-order chi connectivity index (χ1) is 12.6. The van der Waals surface area contributed by atoms with Gasteiger partial charge in [0.15, 0.2) is 5.11 Å². The van der Waals surface area contributed by atoms with Crippen LogP contribution in [0.3, 0.4) is 0 Å². The predicted molar refractivity (Wildman–Crippen MR) is 111 cm³/mol. The number of hydrogen-bond acceptors (Lipinski definition) is 3. The van der Waals surface area contributed by atoms with Gasteiger partial charge in [-0.15, -0.1) is 0 Å². The molecule has 5 nitrogen and oxygen atoms in total. The van der Waals surface area contributed by atoms with E-state index in [9.17, 15) is 9.59 Å². The maximum Gasteiger partial charge on any atom is 0.265 e. The van der Waals surface area contributed by atoms with Crippen LogP contribution in [0.4, 0.5) is 0 Å². The van der Waals surface area contributed by atoms with Crippen LogP contribution in [0.1, 0.15) is 28.1 Å². The molecule has 0 bridgehead atoms. The number of carbonyl (C=O) groups is 2. The van der Waals surface area contributed by atoms with Crippen LogP contribution in [0.5, 0.6) is 0 Å². The first-order valence-corrected chi connectivity index (χ1v) is 9.12. The molecule has 0 spiro atoms. The zero-order chi connectivity index (χ0) is 20.0. The van der Waals surface area contributed by atoms with Crippen molar-refractivity contribution in [3.8, 4) is 5.69 Å². The third-order valence-electron chi connectivity index (χ3n) is 5.02. The molecule has 2 amide bonds. The van der Waals surface area contributed by atoms with Crippen molar-refractivity contribution >= 4 is 35.2 Å². The molecule has 2 aromatic rings. The summed E-state index contributed by atoms with van der Waals surface area (Å²) in [5.74, 6) is -0.751. The van der Waals surface area contributed by atoms with Gasteiger partial charge in [-0.2, -0.15) is 0 Å². The van der Waals surface area contributed by atoms with Crippen molar-refractivity contribution in [2.45, 2.75) is 27.7 Å². The van der Waals surface area contributed by atoms with Crippen LogP contribution in [0.2, 0.25) is 0 Å². The van der Waals surface area contributed by atoms with Crippen LogP contribution in [-0.4, -0.2) is 45.4 Å². The average Bonchev–Trinajstić information content (AvgIpc) is 2.91. The fourth-order valence-corrected chi connectivity index (χ4v) is 3.56. The van der Waals surface area contributed by atoms with E-state index >= 15 is 0 Å². The summed E-state index contributed by atoms with van der Waals surface area (Å²) in [6.07, 6.45) is 1.67. The Morgan fingerprint density at radius 3 is 2.11 bits per heavy atom. The molecule has 1 saturated heterocycles. The number of carbonyl (C=O) groups excluding carboxylic acids is 2. The Morgan fingerprint density at radius 1 is 0.926 bits per heavy atom. The molecular weight excluding hydrogens is 358 g/mol. The van der Waals surface area contributed by atoms with E-state index in [4.69, 9.17) is 12.2 Å². The van der Waals surface area contributed by atoms with Crippen molar-refractivity contribution in [1.29, 1.82) is 0 Å². The zero-order valence-corrected chi connectivity index (χ0v) is 17.3. The van der Waals surface area contributed by atoms with E-state index in [-0.39, 0.29) is 22.5 Å². The van der Waals surface area contributed by atoms with Crippen LogP contribution < -0.4 is 0 Å². The Bertz CT molecular complexity index is 991. The number of rotatable bonds is 2. The van der Waals surface area contributed by atoms with Crippen molar-refractivity contribution in [2.24, 2.45) is 0 Å². The Labute approximate surface area is 164 Å². The molecule has 140 valence electrons. The molecule has 0 radical (unpaired) electrons. The molecule has 0 aliphatic carbocycles. The molecular formula is C21H23N3O2S. The van der Waals surface area contributed by atoms with E-state index in [2.05, 4.69) is 36.6 Å². The van der Waals surface area contributed by atoms with E-state index in [1.54, 1.807) is 20.2 Å². The van der Waals surface area contributed by atoms with Crippen LogP contribution in [0.15, 0.2) is 29.8 Å². The molecule has 0 unspecified atom stereocenters. The number of nitrogens with zero attached hydrogens (tertiary/aromatic N) is 3. The maximum atomic E-state index is 12.6. The molecule has 1 aliphatic heterocycles. The summed E-state index contributed by atoms with van der Waals surface area (Å²) in [5, 5.41) is 0.211. The molecule has 1 fully saturated rings. The highest BCUT2D eigenvalue weighted by molar-refractivity contribution is 7.80. The first kappa shape index (κ1) is 19.0. The van der Waals surface area contributed by atoms with E-state index in [1.165, 1.54) is 15.4 Å². The second kappa shape index (κ2) is 6.78. The Balaban J connectivity index is 2.13. The summed E-state index contributed by atoms with van der Waals surface area (Å²) in [4.78, 5) is 27.8. The van der Waals surface area contributed by atoms with Crippen molar-refractivity contribution in [3.63, 3.8) is 0 Å². The van der Waals surface area contributed by atoms with E-state index < -0.39 is 0 Å². The number of amides is 2. The molecule has 0 N–H and O–H groups in total. The third kappa shape index (κ3) is 3.10. The van der Waals surface area contributed by atoms with Crippen LogP contribution in [-0.2, 0) is 9.59 Å². The number of hydrogen-bond donors (Lipinski definition) is 0. The summed E-state index contributed by atoms with van der Waals surface area (Å²) in [7, 11) is 3.17. The number of likely N-dealkylation sites (N-methyl/N-ethyl adjacent to an activating group) is 2. The topological polar surface area (TPSA) is 45.6 Å². The lowest BCUT2D eigenvalue weighted by Gasteiger charge is -2.31. The summed E-state index contributed by atoms with van der Waals surface area (Å²) in [6, 6.07) is 8.32. The van der Waals surface area contributed by atoms with Gasteiger partial charge in [-0.1, -0.05) is 12.1 Å². The van der Waals surface area contributed by atoms with Gasteiger partial charge in [0.2, 0.25) is 0 Å². The summed E-state index contributed by atoms with van der Waals surface area (Å²) >= 11 is 5.14. The van der Waals surface area contributed by atoms with E-state index in [0.717, 1.165) is 28.2 Å². The maximum absolute atomic E-state index is 12.6. The number of thiocarbonyl (C=S) groups is 1. The highest BCUT2D eigenvalue weighted by Gasteiger charge is 2.35. The number of aryl methyl sites for hydroxylation is 3. The van der Waals surface area contributed by atoms with Crippen LogP contribution >= 0.6 is 12.2 Å². The molecule has 6 heteroatoms. The van der Waals surface area contributed by atoms with Gasteiger partial charge in [-0.25, -0.2) is 0 Å². The first-order valence-electron chi connectivity index (χ1n) is 8.71. The minimum absolute atomic E-state index is 0.120. The van der Waals surface area contributed by atoms with Gasteiger partial charge in [-0.3, -0.25) is 19.4 Å². The fraction of sp³-hybridized carbons (Fsp3) is 0.286. The molecule has 0 saturated carbocycles. The lowest BCUT2D eigenvalue weighted by molar-refractivity contribution is -0.132. The fourth-order valence-electron chi connectivity index (χ4n) is 3.40. The average molecular weight is 382 g/mol. The van der Waals surface area contributed by atoms with Gasteiger partial charge in [-0.05, 0) is 74.8 Å². The zero-order valence-electron chi connectivity index (χ0n) is 16.5. The second-order valence-corrected chi connectivity index (χ2v) is 7.39. The van der Waals surface area contributed by atoms with Gasteiger partial charge in [0.05, 0.1) is 0 Å². The smallest absolute Gasteiger partial charge is 0.265 e. The molecule has 27 heavy (non-hydrogen) atoms. The minimum Gasteiger partial charge on any atom is -0.318 e. The molecule has 0 atom stereocenters. The van der Waals surface area contributed by atoms with Crippen molar-refractivity contribution in [1.82, 2.24) is 14.4 Å². The number of aromatic nitrogens is 1. The molecule has 3 rings (SSSR count). The molecule has 2 heterocycles. The van der Waals surface area contributed by atoms with Gasteiger partial charge in [0.1, 0.15) is 5.57 Å². The highest BCUT2D eigenvalue weighted by Crippen LogP contribution is 2.27. The van der Waals surface area contributed by atoms with Crippen molar-refractivity contribution in [3.05, 3.63) is 57.9 Å². The minimum atomic E-state index is -0.375. The van der Waals surface area contributed by atoms with Gasteiger partial charge in [0, 0.05) is 31.2 Å². The highest BCUT2D eigenvalue weighted by atomic mass is 32.1. The lowest BCUT2D eigenvalue weighted by atomic mass is 10.1. The summed E-state index contributed by atoms with van der Waals surface area (Å²) < 4.78 is 2.16. The van der Waals surface area contributed by atoms with Crippen molar-refractivity contribution < 1.29 is 9.59 Å². The molecule has 1 aromatic carbocycles. The third-order valence-corrected chi connectivity index (χ3v) is 5.57. The molecule has 1 aromatic heterocycles. The van der Waals surface area contributed by atoms with Crippen LogP contribution in [0, 0.1) is 27.7 Å². The largest absolute Gasteiger partial charge is 0.318 e. The Hall–Kier alpha value is -2.73. The summed E-state index contributed by atoms with van der Waals surface area (Å²) in [5.41, 5.74) is 6.43. The van der Waals surface area contributed by atoms with Crippen LogP contribution in [0.25, 0.3) is 11.8 Å². The normalized spacial score (nSPS) is 15.0. The van der Waals surface area contributed by atoms with E-state index in [0.29, 0.717) is 0 Å². The Morgan fingerprint density at radius 2 is 1.52 bits per heavy atom. The standard InChI is InChI=1S/C21H23N3O2S/c1-12-7-8-13(2)18(9-12)24-14(3)10-16(15(24)4)11-17-19(25)22(5)21(27)23(6)20(17)26/h7-11H,1-6H3. The molecule has 1 aliphatic rings.